The highest BCUT2D eigenvalue weighted by Gasteiger charge is 2.25. The Morgan fingerprint density at radius 3 is 2.16 bits per heavy atom. The number of carbonyl (C=O) groups excluding carboxylic acids is 3. The molecule has 3 aromatic rings. The van der Waals surface area contributed by atoms with E-state index in [4.69, 9.17) is 23.4 Å². The van der Waals surface area contributed by atoms with Crippen LogP contribution in [0.3, 0.4) is 0 Å². The van der Waals surface area contributed by atoms with Crippen LogP contribution >= 0.6 is 0 Å². The fraction of sp³-hybridized carbons (Fsp3) is 0.419. The molecule has 43 heavy (non-hydrogen) atoms. The Balaban J connectivity index is 0.00000675. The van der Waals surface area contributed by atoms with E-state index in [0.29, 0.717) is 36.6 Å². The van der Waals surface area contributed by atoms with Gasteiger partial charge in [-0.05, 0) is 52.3 Å². The van der Waals surface area contributed by atoms with Crippen LogP contribution in [0.25, 0.3) is 11.0 Å². The minimum absolute atomic E-state index is 0. The van der Waals surface area contributed by atoms with Crippen molar-refractivity contribution in [3.63, 3.8) is 0 Å². The molecule has 0 saturated heterocycles. The predicted molar refractivity (Wildman–Crippen MR) is 166 cm³/mol. The Morgan fingerprint density at radius 2 is 1.51 bits per heavy atom. The van der Waals surface area contributed by atoms with Gasteiger partial charge in [0.15, 0.2) is 0 Å². The zero-order valence-electron chi connectivity index (χ0n) is 25.1. The Hall–Kier alpha value is -4.42. The molecule has 0 aliphatic rings. The molecule has 12 nitrogen and oxygen atoms in total. The second-order valence-electron chi connectivity index (χ2n) is 10.7. The summed E-state index contributed by atoms with van der Waals surface area (Å²) in [6, 6.07) is 13.3. The maximum Gasteiger partial charge on any atom is 0.412 e. The topological polar surface area (TPSA) is 154 Å². The second kappa shape index (κ2) is 15.7. The Kier molecular flexibility index (Phi) is 12.1. The third-order valence-corrected chi connectivity index (χ3v) is 5.87. The van der Waals surface area contributed by atoms with E-state index in [9.17, 15) is 19.2 Å². The highest BCUT2D eigenvalue weighted by Crippen LogP contribution is 2.23. The van der Waals surface area contributed by atoms with Crippen LogP contribution in [0.15, 0.2) is 57.7 Å². The Bertz CT molecular complexity index is 1460. The highest BCUT2D eigenvalue weighted by atomic mass is 16.6. The molecule has 0 bridgehead atoms. The van der Waals surface area contributed by atoms with Crippen molar-refractivity contribution in [3.8, 4) is 0 Å². The number of ether oxygens (including phenoxy) is 4. The molecular formula is C31H45N3O9. The van der Waals surface area contributed by atoms with Crippen molar-refractivity contribution in [2.24, 2.45) is 0 Å². The average molecular weight is 604 g/mol. The summed E-state index contributed by atoms with van der Waals surface area (Å²) in [7, 11) is 0. The first kappa shape index (κ1) is 33.1. The molecule has 238 valence electrons. The van der Waals surface area contributed by atoms with Gasteiger partial charge < -0.3 is 34.0 Å². The van der Waals surface area contributed by atoms with Crippen molar-refractivity contribution in [2.75, 3.05) is 44.8 Å². The van der Waals surface area contributed by atoms with E-state index < -0.39 is 35.4 Å². The van der Waals surface area contributed by atoms with Crippen LogP contribution < -0.4 is 21.6 Å². The van der Waals surface area contributed by atoms with Crippen molar-refractivity contribution in [3.05, 3.63) is 75.6 Å². The van der Waals surface area contributed by atoms with Gasteiger partial charge in [-0.1, -0.05) is 29.8 Å². The number of hydrogen-bond acceptors (Lipinski definition) is 9. The Morgan fingerprint density at radius 1 is 0.860 bits per heavy atom. The maximum atomic E-state index is 13.0. The summed E-state index contributed by atoms with van der Waals surface area (Å²) in [4.78, 5) is 49.1. The number of aryl methyl sites for hydroxylation is 2. The first-order valence-corrected chi connectivity index (χ1v) is 13.9. The summed E-state index contributed by atoms with van der Waals surface area (Å²) in [6.07, 6.45) is -2.58. The lowest BCUT2D eigenvalue weighted by molar-refractivity contribution is -0.129. The zero-order valence-corrected chi connectivity index (χ0v) is 25.1. The molecule has 3 rings (SSSR count). The van der Waals surface area contributed by atoms with Gasteiger partial charge in [0, 0.05) is 46.1 Å². The number of benzene rings is 2. The number of anilines is 1. The molecule has 0 aliphatic carbocycles. The lowest BCUT2D eigenvalue weighted by atomic mass is 10.1. The SMILES string of the molecule is Cc1ccc(C(OC(=O)Nc2ccc3c(C)cc(=O)oc3c2)C(=O)NCCOCCOCCNC(=O)OC(C)(C)C)cc1.[HH].[HH].[HH]. The average Bonchev–Trinajstić information content (AvgIpc) is 2.92. The molecule has 12 heteroatoms. The number of nitrogens with one attached hydrogen (secondary N) is 3. The molecule has 0 radical (unpaired) electrons. The largest absolute Gasteiger partial charge is 0.444 e. The Labute approximate surface area is 254 Å². The fourth-order valence-electron chi connectivity index (χ4n) is 3.87. The van der Waals surface area contributed by atoms with Crippen molar-refractivity contribution in [1.29, 1.82) is 0 Å². The predicted octanol–water partition coefficient (Wildman–Crippen LogP) is 5.11. The number of alkyl carbamates (subject to hydrolysis) is 1. The first-order chi connectivity index (χ1) is 20.4. The van der Waals surface area contributed by atoms with Crippen LogP contribution in [0.5, 0.6) is 0 Å². The standard InChI is InChI=1S/C31H39N3O9.3H2/c1-20-6-8-22(9-7-20)27(42-30(38)34-23-10-11-24-21(2)18-26(35)41-25(24)19-23)28(36)32-12-14-39-16-17-40-15-13-33-29(37)43-31(3,4)5;;;/h6-11,18-19,27H,12-17H2,1-5H3,(H,32,36)(H,33,37)(H,34,38);3*1H. The van der Waals surface area contributed by atoms with Gasteiger partial charge in [0.25, 0.3) is 5.91 Å². The summed E-state index contributed by atoms with van der Waals surface area (Å²) in [5, 5.41) is 8.64. The van der Waals surface area contributed by atoms with Crippen molar-refractivity contribution in [2.45, 2.75) is 46.3 Å². The summed E-state index contributed by atoms with van der Waals surface area (Å²) in [6.45, 7) is 10.6. The molecule has 0 aliphatic heterocycles. The molecule has 2 aromatic carbocycles. The molecule has 1 heterocycles. The monoisotopic (exact) mass is 603 g/mol. The van der Waals surface area contributed by atoms with Gasteiger partial charge in [-0.2, -0.15) is 0 Å². The van der Waals surface area contributed by atoms with Crippen molar-refractivity contribution >= 4 is 34.8 Å². The molecule has 1 aromatic heterocycles. The third kappa shape index (κ3) is 11.4. The van der Waals surface area contributed by atoms with Crippen LogP contribution in [-0.2, 0) is 23.7 Å². The summed E-state index contributed by atoms with van der Waals surface area (Å²) in [5.74, 6) is -0.521. The lowest BCUT2D eigenvalue weighted by Gasteiger charge is -2.19. The molecule has 0 saturated carbocycles. The second-order valence-corrected chi connectivity index (χ2v) is 10.7. The number of fused-ring (bicyclic) bond motifs is 1. The van der Waals surface area contributed by atoms with E-state index in [2.05, 4.69) is 16.0 Å². The quantitative estimate of drug-likeness (QED) is 0.179. The van der Waals surface area contributed by atoms with Gasteiger partial charge in [0.1, 0.15) is 11.2 Å². The molecule has 3 N–H and O–H groups in total. The molecule has 0 fully saturated rings. The zero-order chi connectivity index (χ0) is 31.4. The van der Waals surface area contributed by atoms with E-state index in [1.165, 1.54) is 12.1 Å². The van der Waals surface area contributed by atoms with Crippen LogP contribution in [0.2, 0.25) is 0 Å². The van der Waals surface area contributed by atoms with Crippen LogP contribution in [0.4, 0.5) is 15.3 Å². The lowest BCUT2D eigenvalue weighted by Crippen LogP contribution is -2.35. The van der Waals surface area contributed by atoms with Gasteiger partial charge in [0.2, 0.25) is 6.10 Å². The van der Waals surface area contributed by atoms with Gasteiger partial charge in [0.05, 0.1) is 26.4 Å². The molecule has 0 spiro atoms. The highest BCUT2D eigenvalue weighted by molar-refractivity contribution is 5.92. The fourth-order valence-corrected chi connectivity index (χ4v) is 3.87. The minimum Gasteiger partial charge on any atom is -0.444 e. The van der Waals surface area contributed by atoms with Crippen molar-refractivity contribution < 1.29 is 42.0 Å². The number of rotatable bonds is 13. The maximum absolute atomic E-state index is 13.0. The molecule has 1 unspecified atom stereocenters. The van der Waals surface area contributed by atoms with Gasteiger partial charge >= 0.3 is 17.8 Å². The van der Waals surface area contributed by atoms with E-state index >= 15 is 0 Å². The summed E-state index contributed by atoms with van der Waals surface area (Å²) >= 11 is 0. The number of hydrogen-bond donors (Lipinski definition) is 3. The third-order valence-electron chi connectivity index (χ3n) is 5.87. The van der Waals surface area contributed by atoms with Crippen LogP contribution in [-0.4, -0.2) is 63.2 Å². The van der Waals surface area contributed by atoms with Crippen LogP contribution in [0.1, 0.15) is 47.8 Å². The van der Waals surface area contributed by atoms with Gasteiger partial charge in [-0.25, -0.2) is 14.4 Å². The minimum atomic E-state index is -1.22. The van der Waals surface area contributed by atoms with Crippen LogP contribution in [0, 0.1) is 13.8 Å². The van der Waals surface area contributed by atoms with E-state index in [0.717, 1.165) is 16.5 Å². The smallest absolute Gasteiger partial charge is 0.412 e. The summed E-state index contributed by atoms with van der Waals surface area (Å²) in [5.41, 5.74) is 1.82. The van der Waals surface area contributed by atoms with Gasteiger partial charge in [-0.3, -0.25) is 10.1 Å². The van der Waals surface area contributed by atoms with E-state index in [-0.39, 0.29) is 24.0 Å². The van der Waals surface area contributed by atoms with E-state index in [1.807, 2.05) is 19.1 Å². The van der Waals surface area contributed by atoms with Crippen molar-refractivity contribution in [1.82, 2.24) is 10.6 Å². The first-order valence-electron chi connectivity index (χ1n) is 13.9. The molecule has 3 amide bonds. The molecular weight excluding hydrogens is 558 g/mol. The number of carbonyl (C=O) groups is 3. The normalized spacial score (nSPS) is 11.9. The number of amides is 3. The molecule has 1 atom stereocenters. The van der Waals surface area contributed by atoms with E-state index in [1.54, 1.807) is 52.0 Å². The summed E-state index contributed by atoms with van der Waals surface area (Å²) < 4.78 is 26.8. The van der Waals surface area contributed by atoms with Gasteiger partial charge in [-0.15, -0.1) is 0 Å².